The molecule has 114 valence electrons. The summed E-state index contributed by atoms with van der Waals surface area (Å²) in [6, 6.07) is 6.06. The Morgan fingerprint density at radius 3 is 2.71 bits per heavy atom. The second-order valence-corrected chi connectivity index (χ2v) is 6.86. The predicted molar refractivity (Wildman–Crippen MR) is 86.1 cm³/mol. The molecule has 0 saturated heterocycles. The van der Waals surface area contributed by atoms with Crippen LogP contribution in [0.1, 0.15) is 32.0 Å². The lowest BCUT2D eigenvalue weighted by Crippen LogP contribution is -2.35. The Balaban J connectivity index is 2.10. The number of halogens is 1. The Labute approximate surface area is 133 Å². The minimum absolute atomic E-state index is 0.0600. The van der Waals surface area contributed by atoms with E-state index in [1.54, 1.807) is 4.68 Å². The summed E-state index contributed by atoms with van der Waals surface area (Å²) in [5, 5.41) is 11.4. The Morgan fingerprint density at radius 2 is 2.10 bits per heavy atom. The van der Waals surface area contributed by atoms with Crippen molar-refractivity contribution in [1.29, 1.82) is 0 Å². The van der Waals surface area contributed by atoms with Crippen molar-refractivity contribution in [2.45, 2.75) is 39.5 Å². The predicted octanol–water partition coefficient (Wildman–Crippen LogP) is 3.04. The summed E-state index contributed by atoms with van der Waals surface area (Å²) < 4.78 is 8.54. The molecule has 1 aromatic carbocycles. The van der Waals surface area contributed by atoms with Crippen LogP contribution in [0.2, 0.25) is 0 Å². The van der Waals surface area contributed by atoms with Gasteiger partial charge in [0.05, 0.1) is 10.7 Å². The summed E-state index contributed by atoms with van der Waals surface area (Å²) in [5.41, 5.74) is 1.98. The van der Waals surface area contributed by atoms with Gasteiger partial charge in [-0.3, -0.25) is 4.68 Å². The lowest BCUT2D eigenvalue weighted by atomic mass is 10.1. The molecule has 1 N–H and O–H groups in total. The molecule has 0 amide bonds. The third kappa shape index (κ3) is 4.82. The first kappa shape index (κ1) is 16.0. The minimum Gasteiger partial charge on any atom is -0.486 e. The van der Waals surface area contributed by atoms with Gasteiger partial charge in [-0.25, -0.2) is 0 Å². The molecule has 2 rings (SSSR count). The zero-order valence-electron chi connectivity index (χ0n) is 12.9. The molecule has 6 heteroatoms. The fourth-order valence-corrected chi connectivity index (χ4v) is 2.34. The molecule has 0 atom stereocenters. The number of benzene rings is 1. The summed E-state index contributed by atoms with van der Waals surface area (Å²) in [4.78, 5) is 0. The van der Waals surface area contributed by atoms with Gasteiger partial charge in [0.2, 0.25) is 0 Å². The van der Waals surface area contributed by atoms with E-state index in [-0.39, 0.29) is 5.54 Å². The third-order valence-electron chi connectivity index (χ3n) is 2.87. The number of aromatic nitrogens is 3. The SMILES string of the molecule is Cn1cc(COc2c(Br)cccc2CNC(C)(C)C)nn1. The van der Waals surface area contributed by atoms with Crippen LogP contribution in [0, 0.1) is 0 Å². The van der Waals surface area contributed by atoms with Gasteiger partial charge >= 0.3 is 0 Å². The van der Waals surface area contributed by atoms with E-state index in [1.807, 2.05) is 25.4 Å². The highest BCUT2D eigenvalue weighted by Gasteiger charge is 2.13. The standard InChI is InChI=1S/C15H21BrN4O/c1-15(2,3)17-8-11-6-5-7-13(16)14(11)21-10-12-9-20(4)19-18-12/h5-7,9,17H,8,10H2,1-4H3. The Kier molecular flexibility index (Phi) is 5.00. The normalized spacial score (nSPS) is 11.7. The summed E-state index contributed by atoms with van der Waals surface area (Å²) in [6.07, 6.45) is 1.85. The second kappa shape index (κ2) is 6.58. The van der Waals surface area contributed by atoms with Crippen molar-refractivity contribution in [2.24, 2.45) is 7.05 Å². The van der Waals surface area contributed by atoms with E-state index in [0.29, 0.717) is 6.61 Å². The molecule has 0 bridgehead atoms. The first-order valence-corrected chi connectivity index (χ1v) is 7.65. The molecular formula is C15H21BrN4O. The number of aryl methyl sites for hydroxylation is 1. The number of para-hydroxylation sites is 1. The maximum Gasteiger partial charge on any atom is 0.138 e. The number of ether oxygens (including phenoxy) is 1. The Morgan fingerprint density at radius 1 is 1.33 bits per heavy atom. The monoisotopic (exact) mass is 352 g/mol. The lowest BCUT2D eigenvalue weighted by molar-refractivity contribution is 0.293. The third-order valence-corrected chi connectivity index (χ3v) is 3.50. The molecule has 0 radical (unpaired) electrons. The van der Waals surface area contributed by atoms with Crippen LogP contribution in [0.4, 0.5) is 0 Å². The first-order valence-electron chi connectivity index (χ1n) is 6.85. The molecule has 0 aliphatic rings. The van der Waals surface area contributed by atoms with E-state index in [9.17, 15) is 0 Å². The highest BCUT2D eigenvalue weighted by molar-refractivity contribution is 9.10. The van der Waals surface area contributed by atoms with E-state index in [1.165, 1.54) is 0 Å². The average molecular weight is 353 g/mol. The second-order valence-electron chi connectivity index (χ2n) is 6.00. The van der Waals surface area contributed by atoms with Gasteiger partial charge in [0.1, 0.15) is 18.1 Å². The minimum atomic E-state index is 0.0600. The molecule has 0 aliphatic heterocycles. The quantitative estimate of drug-likeness (QED) is 0.898. The molecular weight excluding hydrogens is 332 g/mol. The van der Waals surface area contributed by atoms with Crippen LogP contribution in [-0.4, -0.2) is 20.5 Å². The lowest BCUT2D eigenvalue weighted by Gasteiger charge is -2.22. The molecule has 0 spiro atoms. The zero-order valence-corrected chi connectivity index (χ0v) is 14.4. The van der Waals surface area contributed by atoms with Gasteiger partial charge in [0.15, 0.2) is 0 Å². The Hall–Kier alpha value is -1.40. The van der Waals surface area contributed by atoms with E-state index in [0.717, 1.165) is 28.0 Å². The molecule has 0 unspecified atom stereocenters. The fourth-order valence-electron chi connectivity index (χ4n) is 1.82. The summed E-state index contributed by atoms with van der Waals surface area (Å²) in [5.74, 6) is 0.847. The van der Waals surface area contributed by atoms with Crippen LogP contribution in [-0.2, 0) is 20.2 Å². The fraction of sp³-hybridized carbons (Fsp3) is 0.467. The molecule has 0 saturated carbocycles. The maximum atomic E-state index is 5.93. The van der Waals surface area contributed by atoms with Gasteiger partial charge in [-0.15, -0.1) is 5.10 Å². The number of hydrogen-bond donors (Lipinski definition) is 1. The van der Waals surface area contributed by atoms with E-state index in [2.05, 4.69) is 58.4 Å². The number of hydrogen-bond acceptors (Lipinski definition) is 4. The first-order chi connectivity index (χ1) is 9.85. The molecule has 21 heavy (non-hydrogen) atoms. The van der Waals surface area contributed by atoms with Crippen molar-refractivity contribution in [2.75, 3.05) is 0 Å². The van der Waals surface area contributed by atoms with E-state index >= 15 is 0 Å². The van der Waals surface area contributed by atoms with Crippen LogP contribution in [0.5, 0.6) is 5.75 Å². The number of nitrogens with zero attached hydrogens (tertiary/aromatic N) is 3. The molecule has 2 aromatic rings. The smallest absolute Gasteiger partial charge is 0.138 e. The number of rotatable bonds is 5. The van der Waals surface area contributed by atoms with Gasteiger partial charge in [-0.05, 0) is 42.8 Å². The van der Waals surface area contributed by atoms with Crippen LogP contribution in [0.25, 0.3) is 0 Å². The zero-order chi connectivity index (χ0) is 15.5. The van der Waals surface area contributed by atoms with Crippen molar-refractivity contribution in [3.8, 4) is 5.75 Å². The molecule has 5 nitrogen and oxygen atoms in total. The highest BCUT2D eigenvalue weighted by Crippen LogP contribution is 2.30. The van der Waals surface area contributed by atoms with Crippen LogP contribution in [0.15, 0.2) is 28.9 Å². The van der Waals surface area contributed by atoms with Gasteiger partial charge in [-0.1, -0.05) is 17.3 Å². The summed E-state index contributed by atoms with van der Waals surface area (Å²) in [6.45, 7) is 7.58. The van der Waals surface area contributed by atoms with Crippen molar-refractivity contribution in [3.63, 3.8) is 0 Å². The maximum absolute atomic E-state index is 5.93. The van der Waals surface area contributed by atoms with Gasteiger partial charge in [-0.2, -0.15) is 0 Å². The highest BCUT2D eigenvalue weighted by atomic mass is 79.9. The van der Waals surface area contributed by atoms with E-state index < -0.39 is 0 Å². The van der Waals surface area contributed by atoms with Crippen molar-refractivity contribution >= 4 is 15.9 Å². The van der Waals surface area contributed by atoms with Gasteiger partial charge in [0.25, 0.3) is 0 Å². The Bertz CT molecular complexity index is 604. The molecule has 1 aromatic heterocycles. The van der Waals surface area contributed by atoms with Crippen LogP contribution >= 0.6 is 15.9 Å². The van der Waals surface area contributed by atoms with E-state index in [4.69, 9.17) is 4.74 Å². The van der Waals surface area contributed by atoms with Crippen LogP contribution in [0.3, 0.4) is 0 Å². The van der Waals surface area contributed by atoms with Gasteiger partial charge in [0, 0.05) is 24.7 Å². The van der Waals surface area contributed by atoms with Crippen molar-refractivity contribution < 1.29 is 4.74 Å². The summed E-state index contributed by atoms with van der Waals surface area (Å²) >= 11 is 3.55. The van der Waals surface area contributed by atoms with Crippen LogP contribution < -0.4 is 10.1 Å². The van der Waals surface area contributed by atoms with Gasteiger partial charge < -0.3 is 10.1 Å². The topological polar surface area (TPSA) is 52.0 Å². The molecule has 0 fully saturated rings. The summed E-state index contributed by atoms with van der Waals surface area (Å²) in [7, 11) is 1.84. The largest absolute Gasteiger partial charge is 0.486 e. The van der Waals surface area contributed by atoms with Crippen molar-refractivity contribution in [3.05, 3.63) is 40.1 Å². The average Bonchev–Trinajstić information content (AvgIpc) is 2.80. The number of nitrogens with one attached hydrogen (secondary N) is 1. The molecule has 0 aliphatic carbocycles. The van der Waals surface area contributed by atoms with Crippen molar-refractivity contribution in [1.82, 2.24) is 20.3 Å². The molecule has 1 heterocycles.